The van der Waals surface area contributed by atoms with Crippen molar-refractivity contribution in [3.8, 4) is 0 Å². The van der Waals surface area contributed by atoms with E-state index in [0.29, 0.717) is 31.6 Å². The zero-order valence-corrected chi connectivity index (χ0v) is 19.2. The van der Waals surface area contributed by atoms with Crippen molar-refractivity contribution in [2.45, 2.75) is 39.3 Å². The van der Waals surface area contributed by atoms with Gasteiger partial charge in [0.25, 0.3) is 0 Å². The van der Waals surface area contributed by atoms with Gasteiger partial charge >= 0.3 is 5.97 Å². The van der Waals surface area contributed by atoms with E-state index in [1.54, 1.807) is 12.1 Å². The fraction of sp³-hybridized carbons (Fsp3) is 0.385. The van der Waals surface area contributed by atoms with E-state index in [1.807, 2.05) is 62.1 Å². The summed E-state index contributed by atoms with van der Waals surface area (Å²) in [5.41, 5.74) is 2.51. The Balaban J connectivity index is 1.86. The first kappa shape index (κ1) is 23.7. The molecule has 2 aromatic rings. The molecule has 0 saturated heterocycles. The Labute approximate surface area is 189 Å². The van der Waals surface area contributed by atoms with Crippen LogP contribution in [-0.2, 0) is 9.53 Å². The van der Waals surface area contributed by atoms with Gasteiger partial charge in [-0.3, -0.25) is 9.69 Å². The first-order chi connectivity index (χ1) is 15.4. The van der Waals surface area contributed by atoms with Crippen molar-refractivity contribution in [3.05, 3.63) is 77.1 Å². The van der Waals surface area contributed by atoms with Crippen LogP contribution < -0.4 is 0 Å². The number of hydrogen-bond acceptors (Lipinski definition) is 4. The number of carbonyl (C=O) groups excluding carboxylic acids is 2. The molecule has 0 radical (unpaired) electrons. The molecule has 0 spiro atoms. The van der Waals surface area contributed by atoms with Crippen LogP contribution in [-0.4, -0.2) is 54.5 Å². The molecule has 0 aliphatic carbocycles. The number of amides is 1. The van der Waals surface area contributed by atoms with Crippen molar-refractivity contribution in [2.75, 3.05) is 26.7 Å². The molecule has 32 heavy (non-hydrogen) atoms. The van der Waals surface area contributed by atoms with Crippen LogP contribution in [0.2, 0.25) is 0 Å². The Morgan fingerprint density at radius 1 is 1.16 bits per heavy atom. The second-order valence-electron chi connectivity index (χ2n) is 8.19. The third-order valence-electron chi connectivity index (χ3n) is 5.94. The largest absolute Gasteiger partial charge is 0.465 e. The number of benzene rings is 2. The predicted octanol–water partition coefficient (Wildman–Crippen LogP) is 4.70. The van der Waals surface area contributed by atoms with E-state index in [1.165, 1.54) is 13.2 Å². The summed E-state index contributed by atoms with van der Waals surface area (Å²) in [6.07, 6.45) is 2.59. The van der Waals surface area contributed by atoms with Gasteiger partial charge in [0.1, 0.15) is 11.9 Å². The summed E-state index contributed by atoms with van der Waals surface area (Å²) in [6, 6.07) is 14.0. The van der Waals surface area contributed by atoms with Gasteiger partial charge in [0.05, 0.1) is 12.7 Å². The van der Waals surface area contributed by atoms with Gasteiger partial charge in [-0.15, -0.1) is 0 Å². The molecular formula is C26H31FN2O3. The van der Waals surface area contributed by atoms with Gasteiger partial charge in [0.15, 0.2) is 0 Å². The second kappa shape index (κ2) is 10.6. The van der Waals surface area contributed by atoms with Crippen molar-refractivity contribution >= 4 is 17.4 Å². The Kier molecular flexibility index (Phi) is 7.80. The number of methoxy groups -OCH3 is 1. The van der Waals surface area contributed by atoms with E-state index in [-0.39, 0.29) is 23.6 Å². The number of halogens is 1. The van der Waals surface area contributed by atoms with E-state index in [0.717, 1.165) is 11.1 Å². The normalized spacial score (nSPS) is 15.2. The third kappa shape index (κ3) is 5.07. The lowest BCUT2D eigenvalue weighted by atomic mass is 9.95. The first-order valence-corrected chi connectivity index (χ1v) is 11.0. The van der Waals surface area contributed by atoms with Gasteiger partial charge < -0.3 is 9.64 Å². The van der Waals surface area contributed by atoms with E-state index < -0.39 is 11.8 Å². The van der Waals surface area contributed by atoms with Crippen LogP contribution in [0.3, 0.4) is 0 Å². The average molecular weight is 439 g/mol. The van der Waals surface area contributed by atoms with Crippen LogP contribution in [0.4, 0.5) is 4.39 Å². The molecular weight excluding hydrogens is 407 g/mol. The highest BCUT2D eigenvalue weighted by Crippen LogP contribution is 2.31. The summed E-state index contributed by atoms with van der Waals surface area (Å²) in [7, 11) is 1.27. The summed E-state index contributed by atoms with van der Waals surface area (Å²) in [4.78, 5) is 29.2. The number of nitrogens with zero attached hydrogens (tertiary/aromatic N) is 2. The van der Waals surface area contributed by atoms with Gasteiger partial charge in [0.2, 0.25) is 5.91 Å². The Hall–Kier alpha value is -2.99. The fourth-order valence-corrected chi connectivity index (χ4v) is 4.26. The smallest absolute Gasteiger partial charge is 0.337 e. The first-order valence-electron chi connectivity index (χ1n) is 11.0. The zero-order valence-electron chi connectivity index (χ0n) is 19.2. The minimum Gasteiger partial charge on any atom is -0.465 e. The molecule has 1 aliphatic heterocycles. The summed E-state index contributed by atoms with van der Waals surface area (Å²) >= 11 is 0. The molecule has 5 nitrogen and oxygen atoms in total. The quantitative estimate of drug-likeness (QED) is 0.588. The number of hydrogen-bond donors (Lipinski definition) is 0. The Morgan fingerprint density at radius 2 is 1.88 bits per heavy atom. The topological polar surface area (TPSA) is 49.9 Å². The number of likely N-dealkylation sites (N-methyl/N-ethyl adjacent to an activating group) is 1. The monoisotopic (exact) mass is 438 g/mol. The minimum absolute atomic E-state index is 0.0826. The number of esters is 1. The number of carbonyl (C=O) groups is 2. The van der Waals surface area contributed by atoms with Crippen molar-refractivity contribution < 1.29 is 18.7 Å². The van der Waals surface area contributed by atoms with Crippen molar-refractivity contribution in [2.24, 2.45) is 0 Å². The summed E-state index contributed by atoms with van der Waals surface area (Å²) < 4.78 is 19.4. The molecule has 1 heterocycles. The maximum absolute atomic E-state index is 14.7. The molecule has 2 aromatic carbocycles. The molecule has 0 saturated carbocycles. The van der Waals surface area contributed by atoms with Crippen molar-refractivity contribution in [1.29, 1.82) is 0 Å². The molecule has 0 aromatic heterocycles. The molecule has 0 N–H and O–H groups in total. The molecule has 1 atom stereocenters. The lowest BCUT2D eigenvalue weighted by molar-refractivity contribution is -0.138. The van der Waals surface area contributed by atoms with Gasteiger partial charge in [0, 0.05) is 31.2 Å². The molecule has 1 aliphatic rings. The lowest BCUT2D eigenvalue weighted by Crippen LogP contribution is -2.46. The standard InChI is InChI=1S/C26H31FN2O3/c1-5-29(18(2)3)25(30)24(20-9-7-6-8-10-20)28-15-13-19(14-16-28)22-12-11-21(17-23(22)27)26(31)32-4/h6-13,17-18,24H,5,14-16H2,1-4H3. The molecule has 0 bridgehead atoms. The third-order valence-corrected chi connectivity index (χ3v) is 5.94. The van der Waals surface area contributed by atoms with E-state index >= 15 is 0 Å². The maximum atomic E-state index is 14.7. The average Bonchev–Trinajstić information content (AvgIpc) is 2.80. The molecule has 170 valence electrons. The summed E-state index contributed by atoms with van der Waals surface area (Å²) in [5, 5.41) is 0. The number of ether oxygens (including phenoxy) is 1. The van der Waals surface area contributed by atoms with Crippen LogP contribution in [0, 0.1) is 5.82 Å². The number of rotatable bonds is 7. The Bertz CT molecular complexity index is 988. The maximum Gasteiger partial charge on any atom is 0.337 e. The van der Waals surface area contributed by atoms with Crippen molar-refractivity contribution in [1.82, 2.24) is 9.80 Å². The molecule has 6 heteroatoms. The van der Waals surface area contributed by atoms with Gasteiger partial charge in [-0.05, 0) is 50.5 Å². The zero-order chi connectivity index (χ0) is 23.3. The predicted molar refractivity (Wildman–Crippen MR) is 124 cm³/mol. The van der Waals surface area contributed by atoms with Gasteiger partial charge in [-0.2, -0.15) is 0 Å². The minimum atomic E-state index is -0.561. The van der Waals surface area contributed by atoms with Gasteiger partial charge in [-0.25, -0.2) is 9.18 Å². The molecule has 0 fully saturated rings. The van der Waals surface area contributed by atoms with Crippen LogP contribution >= 0.6 is 0 Å². The van der Waals surface area contributed by atoms with Crippen LogP contribution in [0.5, 0.6) is 0 Å². The summed E-state index contributed by atoms with van der Waals surface area (Å²) in [5.74, 6) is -0.923. The summed E-state index contributed by atoms with van der Waals surface area (Å²) in [6.45, 7) is 7.86. The fourth-order valence-electron chi connectivity index (χ4n) is 4.26. The van der Waals surface area contributed by atoms with E-state index in [9.17, 15) is 14.0 Å². The van der Waals surface area contributed by atoms with Crippen LogP contribution in [0.25, 0.3) is 5.57 Å². The van der Waals surface area contributed by atoms with Gasteiger partial charge in [-0.1, -0.05) is 42.5 Å². The highest BCUT2D eigenvalue weighted by Gasteiger charge is 2.33. The lowest BCUT2D eigenvalue weighted by Gasteiger charge is -2.37. The molecule has 1 unspecified atom stereocenters. The SMILES string of the molecule is CCN(C(=O)C(c1ccccc1)N1CC=C(c2ccc(C(=O)OC)cc2F)CC1)C(C)C. The highest BCUT2D eigenvalue weighted by atomic mass is 19.1. The molecule has 3 rings (SSSR count). The highest BCUT2D eigenvalue weighted by molar-refractivity contribution is 5.90. The van der Waals surface area contributed by atoms with E-state index in [2.05, 4.69) is 9.64 Å². The molecule has 1 amide bonds. The van der Waals surface area contributed by atoms with E-state index in [4.69, 9.17) is 0 Å². The van der Waals surface area contributed by atoms with Crippen LogP contribution in [0.1, 0.15) is 54.7 Å². The van der Waals surface area contributed by atoms with Crippen molar-refractivity contribution in [3.63, 3.8) is 0 Å². The Morgan fingerprint density at radius 3 is 2.41 bits per heavy atom. The second-order valence-corrected chi connectivity index (χ2v) is 8.19. The van der Waals surface area contributed by atoms with Crippen LogP contribution in [0.15, 0.2) is 54.6 Å².